The van der Waals surface area contributed by atoms with E-state index in [0.717, 1.165) is 21.2 Å². The van der Waals surface area contributed by atoms with Gasteiger partial charge in [0, 0.05) is 15.7 Å². The number of hydrogen-bond acceptors (Lipinski definition) is 2. The standard InChI is InChI=1S/C10H11IN2O/c11-6-1-2-8(12)7(5-6)9-3-4-10(14)13-9/h1-2,5,9H,3-4,12H2,(H,13,14). The zero-order valence-electron chi connectivity index (χ0n) is 7.59. The molecular weight excluding hydrogens is 291 g/mol. The maximum atomic E-state index is 11.1. The van der Waals surface area contributed by atoms with Crippen LogP contribution in [0.15, 0.2) is 18.2 Å². The van der Waals surface area contributed by atoms with Gasteiger partial charge in [-0.2, -0.15) is 0 Å². The number of nitrogens with two attached hydrogens (primary N) is 1. The average Bonchev–Trinajstić information content (AvgIpc) is 2.56. The highest BCUT2D eigenvalue weighted by atomic mass is 127. The van der Waals surface area contributed by atoms with Crippen molar-refractivity contribution in [3.8, 4) is 0 Å². The molecule has 74 valence electrons. The third kappa shape index (κ3) is 1.84. The predicted molar refractivity (Wildman–Crippen MR) is 63.7 cm³/mol. The van der Waals surface area contributed by atoms with Crippen LogP contribution in [0.4, 0.5) is 5.69 Å². The Balaban J connectivity index is 2.31. The molecule has 1 aliphatic heterocycles. The van der Waals surface area contributed by atoms with Crippen LogP contribution in [0.2, 0.25) is 0 Å². The first-order valence-electron chi connectivity index (χ1n) is 4.51. The third-order valence-electron chi connectivity index (χ3n) is 2.42. The normalized spacial score (nSPS) is 20.9. The number of carbonyl (C=O) groups excluding carboxylic acids is 1. The average molecular weight is 302 g/mol. The SMILES string of the molecule is Nc1ccc(I)cc1C1CCC(=O)N1. The van der Waals surface area contributed by atoms with Gasteiger partial charge >= 0.3 is 0 Å². The Bertz CT molecular complexity index is 378. The number of nitrogen functional groups attached to an aromatic ring is 1. The van der Waals surface area contributed by atoms with E-state index in [0.29, 0.717) is 6.42 Å². The van der Waals surface area contributed by atoms with Crippen molar-refractivity contribution in [1.82, 2.24) is 5.32 Å². The predicted octanol–water partition coefficient (Wildman–Crippen LogP) is 1.82. The van der Waals surface area contributed by atoms with E-state index in [2.05, 4.69) is 27.9 Å². The number of rotatable bonds is 1. The molecule has 0 spiro atoms. The maximum absolute atomic E-state index is 11.1. The van der Waals surface area contributed by atoms with Crippen LogP contribution >= 0.6 is 22.6 Å². The summed E-state index contributed by atoms with van der Waals surface area (Å²) in [5, 5.41) is 2.92. The van der Waals surface area contributed by atoms with Crippen LogP contribution in [-0.2, 0) is 4.79 Å². The first-order valence-corrected chi connectivity index (χ1v) is 5.59. The van der Waals surface area contributed by atoms with Gasteiger partial charge in [-0.05, 0) is 52.8 Å². The van der Waals surface area contributed by atoms with Crippen LogP contribution in [0.3, 0.4) is 0 Å². The largest absolute Gasteiger partial charge is 0.398 e. The van der Waals surface area contributed by atoms with Crippen LogP contribution in [0, 0.1) is 3.57 Å². The van der Waals surface area contributed by atoms with Gasteiger partial charge in [0.1, 0.15) is 0 Å². The molecule has 0 bridgehead atoms. The molecule has 1 unspecified atom stereocenters. The van der Waals surface area contributed by atoms with Gasteiger partial charge in [0.15, 0.2) is 0 Å². The number of anilines is 1. The number of hydrogen-bond donors (Lipinski definition) is 2. The molecule has 0 saturated carbocycles. The lowest BCUT2D eigenvalue weighted by Gasteiger charge is -2.13. The van der Waals surface area contributed by atoms with Gasteiger partial charge in [-0.15, -0.1) is 0 Å². The number of amides is 1. The van der Waals surface area contributed by atoms with E-state index in [4.69, 9.17) is 5.73 Å². The summed E-state index contributed by atoms with van der Waals surface area (Å²) in [6.45, 7) is 0. The summed E-state index contributed by atoms with van der Waals surface area (Å²) in [5.74, 6) is 0.119. The second kappa shape index (κ2) is 3.76. The molecule has 1 aliphatic rings. The van der Waals surface area contributed by atoms with Gasteiger partial charge in [0.25, 0.3) is 0 Å². The van der Waals surface area contributed by atoms with Crippen molar-refractivity contribution in [3.63, 3.8) is 0 Å². The van der Waals surface area contributed by atoms with E-state index in [1.807, 2.05) is 18.2 Å². The highest BCUT2D eigenvalue weighted by Gasteiger charge is 2.23. The van der Waals surface area contributed by atoms with Crippen LogP contribution < -0.4 is 11.1 Å². The monoisotopic (exact) mass is 302 g/mol. The van der Waals surface area contributed by atoms with E-state index in [9.17, 15) is 4.79 Å². The van der Waals surface area contributed by atoms with Crippen molar-refractivity contribution >= 4 is 34.2 Å². The van der Waals surface area contributed by atoms with Crippen LogP contribution in [0.5, 0.6) is 0 Å². The zero-order valence-corrected chi connectivity index (χ0v) is 9.74. The zero-order chi connectivity index (χ0) is 10.1. The molecule has 0 aliphatic carbocycles. The first-order chi connectivity index (χ1) is 6.66. The lowest BCUT2D eigenvalue weighted by molar-refractivity contribution is -0.119. The van der Waals surface area contributed by atoms with Crippen molar-refractivity contribution in [2.24, 2.45) is 0 Å². The Labute approximate surface area is 96.2 Å². The van der Waals surface area contributed by atoms with Gasteiger partial charge < -0.3 is 11.1 Å². The molecule has 1 aromatic carbocycles. The van der Waals surface area contributed by atoms with E-state index in [-0.39, 0.29) is 11.9 Å². The molecular formula is C10H11IN2O. The smallest absolute Gasteiger partial charge is 0.220 e. The molecule has 1 atom stereocenters. The minimum Gasteiger partial charge on any atom is -0.398 e. The molecule has 0 aromatic heterocycles. The Hall–Kier alpha value is -0.780. The summed E-state index contributed by atoms with van der Waals surface area (Å²) in [6.07, 6.45) is 1.46. The lowest BCUT2D eigenvalue weighted by atomic mass is 10.0. The highest BCUT2D eigenvalue weighted by Crippen LogP contribution is 2.29. The molecule has 1 aromatic rings. The summed E-state index contributed by atoms with van der Waals surface area (Å²) in [5.41, 5.74) is 7.67. The van der Waals surface area contributed by atoms with Crippen molar-refractivity contribution in [1.29, 1.82) is 0 Å². The maximum Gasteiger partial charge on any atom is 0.220 e. The quantitative estimate of drug-likeness (QED) is 0.614. The highest BCUT2D eigenvalue weighted by molar-refractivity contribution is 14.1. The summed E-state index contributed by atoms with van der Waals surface area (Å²) in [6, 6.07) is 6.00. The van der Waals surface area contributed by atoms with Crippen molar-refractivity contribution in [2.45, 2.75) is 18.9 Å². The minimum absolute atomic E-state index is 0.109. The van der Waals surface area contributed by atoms with Gasteiger partial charge in [-0.25, -0.2) is 0 Å². The van der Waals surface area contributed by atoms with Crippen LogP contribution in [-0.4, -0.2) is 5.91 Å². The second-order valence-corrected chi connectivity index (χ2v) is 4.68. The minimum atomic E-state index is 0.109. The second-order valence-electron chi connectivity index (χ2n) is 3.43. The molecule has 0 radical (unpaired) electrons. The summed E-state index contributed by atoms with van der Waals surface area (Å²) in [4.78, 5) is 11.1. The summed E-state index contributed by atoms with van der Waals surface area (Å²) >= 11 is 2.25. The van der Waals surface area contributed by atoms with Gasteiger partial charge in [0.2, 0.25) is 5.91 Å². The Morgan fingerprint density at radius 3 is 2.93 bits per heavy atom. The number of carbonyl (C=O) groups is 1. The van der Waals surface area contributed by atoms with Gasteiger partial charge in [0.05, 0.1) is 6.04 Å². The van der Waals surface area contributed by atoms with E-state index in [1.54, 1.807) is 0 Å². The van der Waals surface area contributed by atoms with Crippen molar-refractivity contribution in [2.75, 3.05) is 5.73 Å². The van der Waals surface area contributed by atoms with Gasteiger partial charge in [-0.3, -0.25) is 4.79 Å². The van der Waals surface area contributed by atoms with Crippen LogP contribution in [0.25, 0.3) is 0 Å². The van der Waals surface area contributed by atoms with Crippen LogP contribution in [0.1, 0.15) is 24.4 Å². The number of benzene rings is 1. The van der Waals surface area contributed by atoms with Gasteiger partial charge in [-0.1, -0.05) is 0 Å². The Morgan fingerprint density at radius 1 is 1.50 bits per heavy atom. The Kier molecular flexibility index (Phi) is 2.62. The molecule has 14 heavy (non-hydrogen) atoms. The molecule has 1 amide bonds. The molecule has 1 saturated heterocycles. The lowest BCUT2D eigenvalue weighted by Crippen LogP contribution is -2.19. The molecule has 1 heterocycles. The Morgan fingerprint density at radius 2 is 2.29 bits per heavy atom. The first kappa shape index (κ1) is 9.76. The number of nitrogens with one attached hydrogen (secondary N) is 1. The van der Waals surface area contributed by atoms with E-state index < -0.39 is 0 Å². The van der Waals surface area contributed by atoms with Crippen molar-refractivity contribution in [3.05, 3.63) is 27.3 Å². The topological polar surface area (TPSA) is 55.1 Å². The molecule has 1 fully saturated rings. The van der Waals surface area contributed by atoms with E-state index in [1.165, 1.54) is 0 Å². The molecule has 3 N–H and O–H groups in total. The fraction of sp³-hybridized carbons (Fsp3) is 0.300. The van der Waals surface area contributed by atoms with E-state index >= 15 is 0 Å². The number of halogens is 1. The fourth-order valence-corrected chi connectivity index (χ4v) is 2.21. The van der Waals surface area contributed by atoms with Crippen molar-refractivity contribution < 1.29 is 4.79 Å². The molecule has 2 rings (SSSR count). The molecule has 4 heteroatoms. The third-order valence-corrected chi connectivity index (χ3v) is 3.09. The summed E-state index contributed by atoms with van der Waals surface area (Å²) < 4.78 is 1.15. The molecule has 3 nitrogen and oxygen atoms in total. The fourth-order valence-electron chi connectivity index (χ4n) is 1.69. The summed E-state index contributed by atoms with van der Waals surface area (Å²) in [7, 11) is 0.